The predicted molar refractivity (Wildman–Crippen MR) is 125 cm³/mol. The molecule has 0 bridgehead atoms. The summed E-state index contributed by atoms with van der Waals surface area (Å²) in [7, 11) is 2.05. The number of hydrogen-bond donors (Lipinski definition) is 3. The first-order valence-corrected chi connectivity index (χ1v) is 11.9. The normalized spacial score (nSPS) is 21.4. The molecule has 8 nitrogen and oxygen atoms in total. The summed E-state index contributed by atoms with van der Waals surface area (Å²) in [4.78, 5) is 13.2. The second kappa shape index (κ2) is 8.01. The van der Waals surface area contributed by atoms with Gasteiger partial charge in [0.1, 0.15) is 25.8 Å². The average molecular weight is 452 g/mol. The first-order chi connectivity index (χ1) is 15.2. The van der Waals surface area contributed by atoms with Gasteiger partial charge < -0.3 is 20.0 Å². The Kier molecular flexibility index (Phi) is 5.49. The molecule has 0 spiro atoms. The number of nitrogens with zero attached hydrogens (tertiary/aromatic N) is 4. The number of nitrogens with one attached hydrogen (secondary N) is 3. The molecule has 3 heterocycles. The molecule has 0 aliphatic carbocycles. The number of benzene rings is 1. The molecule has 4 rings (SSSR count). The quantitative estimate of drug-likeness (QED) is 0.508. The third-order valence-electron chi connectivity index (χ3n) is 6.01. The minimum atomic E-state index is -1.28. The Morgan fingerprint density at radius 1 is 1.25 bits per heavy atom. The summed E-state index contributed by atoms with van der Waals surface area (Å²) in [5.74, 6) is 0.993. The first kappa shape index (κ1) is 21.9. The summed E-state index contributed by atoms with van der Waals surface area (Å²) in [5.41, 5.74) is 1.64. The van der Waals surface area contributed by atoms with E-state index in [1.807, 2.05) is 20.8 Å². The van der Waals surface area contributed by atoms with Gasteiger partial charge in [0.25, 0.3) is 0 Å². The van der Waals surface area contributed by atoms with Crippen molar-refractivity contribution in [3.8, 4) is 5.88 Å². The molecule has 1 aliphatic heterocycles. The lowest BCUT2D eigenvalue weighted by Crippen LogP contribution is -2.56. The number of aromatic nitrogens is 3. The minimum absolute atomic E-state index is 0.328. The molecule has 0 amide bonds. The Hall–Kier alpha value is -3.27. The molecule has 2 aromatic heterocycles. The SMILES string of the molecule is C/N=[Si]1/C[C@@](C)(c2cc(Nc3nccc4nc(OC)cnc34)ccc2F)NC(=N)C1(C)C. The fourth-order valence-corrected chi connectivity index (χ4v) is 6.44. The molecule has 1 aliphatic rings. The molecule has 0 radical (unpaired) electrons. The molecule has 10 heteroatoms. The van der Waals surface area contributed by atoms with Gasteiger partial charge in [-0.05, 0) is 31.2 Å². The summed E-state index contributed by atoms with van der Waals surface area (Å²) in [5, 5.41) is 14.7. The third kappa shape index (κ3) is 3.75. The zero-order valence-electron chi connectivity index (χ0n) is 18.7. The maximum Gasteiger partial charge on any atom is 0.232 e. The first-order valence-electron chi connectivity index (χ1n) is 10.2. The highest BCUT2D eigenvalue weighted by atomic mass is 28.2. The molecule has 1 aromatic carbocycles. The van der Waals surface area contributed by atoms with E-state index in [0.29, 0.717) is 45.9 Å². The number of anilines is 2. The van der Waals surface area contributed by atoms with Crippen LogP contribution in [0.15, 0.2) is 41.3 Å². The monoisotopic (exact) mass is 451 g/mol. The van der Waals surface area contributed by atoms with Gasteiger partial charge in [0.05, 0.1) is 24.4 Å². The van der Waals surface area contributed by atoms with Crippen LogP contribution in [0.4, 0.5) is 15.9 Å². The van der Waals surface area contributed by atoms with Gasteiger partial charge in [0, 0.05) is 35.6 Å². The topological polar surface area (TPSA) is 108 Å². The zero-order valence-corrected chi connectivity index (χ0v) is 19.7. The van der Waals surface area contributed by atoms with Crippen molar-refractivity contribution in [1.82, 2.24) is 20.3 Å². The van der Waals surface area contributed by atoms with E-state index in [4.69, 9.17) is 10.1 Å². The number of fused-ring (bicyclic) bond motifs is 1. The standard InChI is InChI=1S/C22H26FN7OSi/c1-21(2)20(24)30-22(3,12-32(21)25-4)14-10-13(6-7-15(14)23)28-19-18-16(8-9-26-19)29-17(31-5)11-27-18/h6-11H,12H2,1-5H3,(H2,24,30)(H,26,28)/b32-25-/t22-/m0/s1. The number of amidine groups is 1. The van der Waals surface area contributed by atoms with Crippen LogP contribution < -0.4 is 15.4 Å². The Balaban J connectivity index is 1.71. The van der Waals surface area contributed by atoms with Crippen molar-refractivity contribution in [3.63, 3.8) is 0 Å². The predicted octanol–water partition coefficient (Wildman–Crippen LogP) is 4.38. The lowest BCUT2D eigenvalue weighted by Gasteiger charge is -2.44. The Morgan fingerprint density at radius 2 is 2.03 bits per heavy atom. The fourth-order valence-electron chi connectivity index (χ4n) is 3.98. The van der Waals surface area contributed by atoms with Gasteiger partial charge in [-0.15, -0.1) is 0 Å². The Labute approximate surface area is 187 Å². The number of halogens is 1. The molecule has 32 heavy (non-hydrogen) atoms. The summed E-state index contributed by atoms with van der Waals surface area (Å²) in [6.07, 6.45) is 3.16. The molecule has 1 fully saturated rings. The number of methoxy groups -OCH3 is 1. The van der Waals surface area contributed by atoms with Gasteiger partial charge in [-0.2, -0.15) is 0 Å². The third-order valence-corrected chi connectivity index (χ3v) is 9.28. The summed E-state index contributed by atoms with van der Waals surface area (Å²) in [6.45, 7) is 5.99. The molecule has 1 atom stereocenters. The van der Waals surface area contributed by atoms with Crippen LogP contribution in [0.3, 0.4) is 0 Å². The number of ether oxygens (including phenoxy) is 1. The molecule has 3 aromatic rings. The van der Waals surface area contributed by atoms with Gasteiger partial charge in [-0.25, -0.2) is 19.3 Å². The van der Waals surface area contributed by atoms with Gasteiger partial charge >= 0.3 is 0 Å². The van der Waals surface area contributed by atoms with Crippen LogP contribution in [0.1, 0.15) is 26.3 Å². The molecule has 0 saturated carbocycles. The van der Waals surface area contributed by atoms with E-state index in [2.05, 4.69) is 30.2 Å². The van der Waals surface area contributed by atoms with E-state index < -0.39 is 14.1 Å². The van der Waals surface area contributed by atoms with E-state index in [-0.39, 0.29) is 10.9 Å². The minimum Gasteiger partial charge on any atom is -0.480 e. The van der Waals surface area contributed by atoms with Crippen LogP contribution in [0.25, 0.3) is 11.0 Å². The smallest absolute Gasteiger partial charge is 0.232 e. The van der Waals surface area contributed by atoms with Crippen molar-refractivity contribution in [1.29, 1.82) is 5.41 Å². The van der Waals surface area contributed by atoms with Crippen LogP contribution in [0, 0.1) is 11.2 Å². The summed E-state index contributed by atoms with van der Waals surface area (Å²) < 4.78 is 24.7. The van der Waals surface area contributed by atoms with E-state index in [0.717, 1.165) is 0 Å². The molecule has 0 unspecified atom stereocenters. The van der Waals surface area contributed by atoms with Crippen LogP contribution >= 0.6 is 0 Å². The Bertz CT molecular complexity index is 1250. The van der Waals surface area contributed by atoms with Gasteiger partial charge in [-0.3, -0.25) is 5.41 Å². The lowest BCUT2D eigenvalue weighted by atomic mass is 9.91. The van der Waals surface area contributed by atoms with Crippen LogP contribution in [0.5, 0.6) is 5.88 Å². The van der Waals surface area contributed by atoms with Crippen LogP contribution in [0.2, 0.25) is 11.1 Å². The lowest BCUT2D eigenvalue weighted by molar-refractivity contribution is 0.397. The van der Waals surface area contributed by atoms with Crippen molar-refractivity contribution in [3.05, 3.63) is 48.0 Å². The maximum absolute atomic E-state index is 15.0. The highest BCUT2D eigenvalue weighted by molar-refractivity contribution is 6.57. The van der Waals surface area contributed by atoms with Crippen molar-refractivity contribution in [2.24, 2.45) is 4.63 Å². The molecule has 166 valence electrons. The second-order valence-electron chi connectivity index (χ2n) is 8.56. The molecule has 3 N–H and O–H groups in total. The Morgan fingerprint density at radius 3 is 2.75 bits per heavy atom. The molecular formula is C22H26FN7OSi. The van der Waals surface area contributed by atoms with Crippen molar-refractivity contribution in [2.75, 3.05) is 19.5 Å². The van der Waals surface area contributed by atoms with Crippen molar-refractivity contribution >= 4 is 37.0 Å². The average Bonchev–Trinajstić information content (AvgIpc) is 2.77. The van der Waals surface area contributed by atoms with E-state index in [9.17, 15) is 0 Å². The van der Waals surface area contributed by atoms with Crippen LogP contribution in [-0.2, 0) is 5.54 Å². The van der Waals surface area contributed by atoms with Crippen LogP contribution in [-0.4, -0.2) is 43.5 Å². The number of hydrogen-bond acceptors (Lipinski definition) is 7. The molecular weight excluding hydrogens is 425 g/mol. The molecule has 1 saturated heterocycles. The largest absolute Gasteiger partial charge is 0.480 e. The zero-order chi connectivity index (χ0) is 23.1. The van der Waals surface area contributed by atoms with E-state index in [1.165, 1.54) is 19.4 Å². The highest BCUT2D eigenvalue weighted by Crippen LogP contribution is 2.42. The van der Waals surface area contributed by atoms with E-state index in [1.54, 1.807) is 31.4 Å². The van der Waals surface area contributed by atoms with Crippen molar-refractivity contribution in [2.45, 2.75) is 37.4 Å². The summed E-state index contributed by atoms with van der Waals surface area (Å²) >= 11 is 0. The fraction of sp³-hybridized carbons (Fsp3) is 0.364. The second-order valence-corrected chi connectivity index (χ2v) is 11.5. The number of rotatable bonds is 4. The maximum atomic E-state index is 15.0. The van der Waals surface area contributed by atoms with E-state index >= 15 is 4.39 Å². The highest BCUT2D eigenvalue weighted by Gasteiger charge is 2.45. The number of pyridine rings is 1. The van der Waals surface area contributed by atoms with Crippen molar-refractivity contribution < 1.29 is 9.13 Å². The van der Waals surface area contributed by atoms with Gasteiger partial charge in [-0.1, -0.05) is 13.8 Å². The van der Waals surface area contributed by atoms with Gasteiger partial charge in [0.15, 0.2) is 5.82 Å². The summed E-state index contributed by atoms with van der Waals surface area (Å²) in [6, 6.07) is 7.28. The van der Waals surface area contributed by atoms with Gasteiger partial charge in [0.2, 0.25) is 5.88 Å².